The average Bonchev–Trinajstić information content (AvgIpc) is 2.85. The van der Waals surface area contributed by atoms with E-state index in [4.69, 9.17) is 5.26 Å². The fourth-order valence-corrected chi connectivity index (χ4v) is 1.76. The lowest BCUT2D eigenvalue weighted by Gasteiger charge is -2.02. The zero-order chi connectivity index (χ0) is 10.8. The van der Waals surface area contributed by atoms with E-state index in [0.717, 1.165) is 17.6 Å². The number of aromatic amines is 1. The van der Waals surface area contributed by atoms with Crippen molar-refractivity contribution in [2.24, 2.45) is 0 Å². The molecule has 2 rings (SSSR count). The van der Waals surface area contributed by atoms with Crippen molar-refractivity contribution in [3.8, 4) is 6.07 Å². The molecule has 1 aromatic heterocycles. The van der Waals surface area contributed by atoms with Crippen LogP contribution in [0, 0.1) is 11.3 Å². The Labute approximate surface area is 87.7 Å². The maximum absolute atomic E-state index is 11.4. The van der Waals surface area contributed by atoms with Gasteiger partial charge in [0, 0.05) is 18.7 Å². The molecule has 0 radical (unpaired) electrons. The Hall–Kier alpha value is -2.08. The Morgan fingerprint density at radius 2 is 2.40 bits per heavy atom. The van der Waals surface area contributed by atoms with E-state index in [9.17, 15) is 4.79 Å². The molecule has 0 saturated heterocycles. The average molecular weight is 198 g/mol. The Morgan fingerprint density at radius 3 is 2.93 bits per heavy atom. The minimum Gasteiger partial charge on any atom is -0.357 e. The molecule has 0 aliphatic heterocycles. The van der Waals surface area contributed by atoms with Crippen LogP contribution in [0.4, 0.5) is 0 Å². The first kappa shape index (κ1) is 9.47. The summed E-state index contributed by atoms with van der Waals surface area (Å²) < 4.78 is 0. The van der Waals surface area contributed by atoms with Crippen molar-refractivity contribution in [2.45, 2.75) is 13.3 Å². The van der Waals surface area contributed by atoms with Crippen molar-refractivity contribution >= 4 is 11.4 Å². The van der Waals surface area contributed by atoms with Crippen LogP contribution in [-0.2, 0) is 0 Å². The van der Waals surface area contributed by atoms with E-state index in [1.54, 1.807) is 6.20 Å². The number of nitrogens with zero attached hydrogens (tertiary/aromatic N) is 1. The molecule has 74 valence electrons. The Balaban J connectivity index is 2.57. The van der Waals surface area contributed by atoms with Gasteiger partial charge in [-0.05, 0) is 12.0 Å². The van der Waals surface area contributed by atoms with Gasteiger partial charge in [-0.15, -0.1) is 0 Å². The van der Waals surface area contributed by atoms with Gasteiger partial charge in [-0.2, -0.15) is 5.26 Å². The number of rotatable bonds is 2. The van der Waals surface area contributed by atoms with E-state index < -0.39 is 0 Å². The number of nitriles is 1. The van der Waals surface area contributed by atoms with E-state index in [1.165, 1.54) is 6.92 Å². The number of hydrogen-bond donors (Lipinski definition) is 1. The summed E-state index contributed by atoms with van der Waals surface area (Å²) in [6.07, 6.45) is 8.26. The van der Waals surface area contributed by atoms with Crippen LogP contribution < -0.4 is 0 Å². The minimum atomic E-state index is -0.0423. The molecule has 1 aliphatic carbocycles. The Kier molecular flexibility index (Phi) is 2.26. The van der Waals surface area contributed by atoms with Crippen LogP contribution in [0.15, 0.2) is 24.4 Å². The van der Waals surface area contributed by atoms with Crippen LogP contribution in [0.5, 0.6) is 0 Å². The van der Waals surface area contributed by atoms with E-state index in [0.29, 0.717) is 11.3 Å². The molecule has 1 aromatic rings. The lowest BCUT2D eigenvalue weighted by Crippen LogP contribution is -1.97. The summed E-state index contributed by atoms with van der Waals surface area (Å²) in [4.78, 5) is 14.2. The van der Waals surface area contributed by atoms with Crippen LogP contribution in [-0.4, -0.2) is 10.8 Å². The highest BCUT2D eigenvalue weighted by Gasteiger charge is 2.18. The number of Topliss-reactive ketones (excluding diaryl/α,β-unsaturated/α-hetero) is 1. The topological polar surface area (TPSA) is 56.6 Å². The predicted molar refractivity (Wildman–Crippen MR) is 57.2 cm³/mol. The van der Waals surface area contributed by atoms with Crippen LogP contribution in [0.2, 0.25) is 0 Å². The molecule has 15 heavy (non-hydrogen) atoms. The third kappa shape index (κ3) is 1.50. The summed E-state index contributed by atoms with van der Waals surface area (Å²) >= 11 is 0. The molecule has 0 bridgehead atoms. The van der Waals surface area contributed by atoms with Crippen molar-refractivity contribution in [1.82, 2.24) is 4.98 Å². The lowest BCUT2D eigenvalue weighted by molar-refractivity contribution is 0.101. The summed E-state index contributed by atoms with van der Waals surface area (Å²) in [7, 11) is 0. The first-order chi connectivity index (χ1) is 7.24. The maximum Gasteiger partial charge on any atom is 0.176 e. The van der Waals surface area contributed by atoms with Crippen LogP contribution in [0.1, 0.15) is 35.0 Å². The molecule has 1 heterocycles. The lowest BCUT2D eigenvalue weighted by atomic mass is 10.00. The van der Waals surface area contributed by atoms with Gasteiger partial charge in [-0.25, -0.2) is 0 Å². The second-order valence-electron chi connectivity index (χ2n) is 3.44. The molecule has 1 aliphatic rings. The van der Waals surface area contributed by atoms with Gasteiger partial charge < -0.3 is 4.98 Å². The SMILES string of the molecule is CC(=O)c1[nH]cc(C#N)c1C1=CC=CC1. The summed E-state index contributed by atoms with van der Waals surface area (Å²) in [5.74, 6) is -0.0423. The number of aromatic nitrogens is 1. The summed E-state index contributed by atoms with van der Waals surface area (Å²) in [5, 5.41) is 8.94. The molecular weight excluding hydrogens is 188 g/mol. The molecule has 0 fully saturated rings. The van der Waals surface area contributed by atoms with Gasteiger partial charge in [-0.1, -0.05) is 18.2 Å². The molecule has 3 heteroatoms. The van der Waals surface area contributed by atoms with Crippen molar-refractivity contribution in [3.63, 3.8) is 0 Å². The molecule has 0 saturated carbocycles. The van der Waals surface area contributed by atoms with E-state index >= 15 is 0 Å². The number of allylic oxidation sites excluding steroid dienone is 4. The van der Waals surface area contributed by atoms with Gasteiger partial charge >= 0.3 is 0 Å². The monoisotopic (exact) mass is 198 g/mol. The second kappa shape index (κ2) is 3.58. The highest BCUT2D eigenvalue weighted by molar-refractivity contribution is 5.99. The fourth-order valence-electron chi connectivity index (χ4n) is 1.76. The summed E-state index contributed by atoms with van der Waals surface area (Å²) in [6.45, 7) is 1.50. The number of ketones is 1. The number of nitrogens with one attached hydrogen (secondary N) is 1. The third-order valence-corrected chi connectivity index (χ3v) is 2.45. The van der Waals surface area contributed by atoms with E-state index in [-0.39, 0.29) is 5.78 Å². The zero-order valence-corrected chi connectivity index (χ0v) is 8.37. The number of H-pyrrole nitrogens is 1. The van der Waals surface area contributed by atoms with Gasteiger partial charge in [0.2, 0.25) is 0 Å². The Bertz CT molecular complexity index is 512. The van der Waals surface area contributed by atoms with Gasteiger partial charge in [0.1, 0.15) is 6.07 Å². The van der Waals surface area contributed by atoms with Crippen molar-refractivity contribution in [3.05, 3.63) is 41.2 Å². The molecular formula is C12H10N2O. The zero-order valence-electron chi connectivity index (χ0n) is 8.37. The van der Waals surface area contributed by atoms with Crippen molar-refractivity contribution in [2.75, 3.05) is 0 Å². The predicted octanol–water partition coefficient (Wildman–Crippen LogP) is 2.43. The highest BCUT2D eigenvalue weighted by Crippen LogP contribution is 2.29. The first-order valence-corrected chi connectivity index (χ1v) is 4.72. The standard InChI is InChI=1S/C12H10N2O/c1-8(15)12-11(9-4-2-3-5-9)10(6-13)7-14-12/h2-4,7,14H,5H2,1H3. The number of carbonyl (C=O) groups excluding carboxylic acids is 1. The van der Waals surface area contributed by atoms with Crippen LogP contribution in [0.3, 0.4) is 0 Å². The van der Waals surface area contributed by atoms with Crippen molar-refractivity contribution < 1.29 is 4.79 Å². The molecule has 0 spiro atoms. The quantitative estimate of drug-likeness (QED) is 0.742. The molecule has 3 nitrogen and oxygen atoms in total. The number of carbonyl (C=O) groups is 1. The largest absolute Gasteiger partial charge is 0.357 e. The normalized spacial score (nSPS) is 13.7. The summed E-state index contributed by atoms with van der Waals surface area (Å²) in [6, 6.07) is 2.10. The van der Waals surface area contributed by atoms with E-state index in [1.807, 2.05) is 18.2 Å². The van der Waals surface area contributed by atoms with Gasteiger partial charge in [0.15, 0.2) is 5.78 Å². The molecule has 0 aromatic carbocycles. The van der Waals surface area contributed by atoms with Crippen LogP contribution >= 0.6 is 0 Å². The Morgan fingerprint density at radius 1 is 1.60 bits per heavy atom. The molecule has 0 atom stereocenters. The molecule has 1 N–H and O–H groups in total. The fraction of sp³-hybridized carbons (Fsp3) is 0.167. The number of hydrogen-bond acceptors (Lipinski definition) is 2. The maximum atomic E-state index is 11.4. The van der Waals surface area contributed by atoms with Gasteiger partial charge in [0.25, 0.3) is 0 Å². The van der Waals surface area contributed by atoms with Gasteiger partial charge in [0.05, 0.1) is 11.3 Å². The first-order valence-electron chi connectivity index (χ1n) is 4.72. The van der Waals surface area contributed by atoms with Crippen molar-refractivity contribution in [1.29, 1.82) is 5.26 Å². The summed E-state index contributed by atoms with van der Waals surface area (Å²) in [5.41, 5.74) is 2.85. The highest BCUT2D eigenvalue weighted by atomic mass is 16.1. The molecule has 0 unspecified atom stereocenters. The third-order valence-electron chi connectivity index (χ3n) is 2.45. The van der Waals surface area contributed by atoms with Gasteiger partial charge in [-0.3, -0.25) is 4.79 Å². The minimum absolute atomic E-state index is 0.0423. The van der Waals surface area contributed by atoms with E-state index in [2.05, 4.69) is 11.1 Å². The smallest absolute Gasteiger partial charge is 0.176 e. The molecule has 0 amide bonds. The van der Waals surface area contributed by atoms with Crippen LogP contribution in [0.25, 0.3) is 5.57 Å². The second-order valence-corrected chi connectivity index (χ2v) is 3.44.